The number of quaternary nitrogens is 1. The van der Waals surface area contributed by atoms with Gasteiger partial charge in [-0.2, -0.15) is 0 Å². The Morgan fingerprint density at radius 3 is 1.94 bits per heavy atom. The van der Waals surface area contributed by atoms with Crippen molar-refractivity contribution < 1.29 is 45.9 Å². The van der Waals surface area contributed by atoms with Gasteiger partial charge in [-0.1, -0.05) is 19.3 Å². The Kier molecular flexibility index (Phi) is 11.7. The molecule has 1 rings (SSSR count). The quantitative estimate of drug-likeness (QED) is 0.137. The van der Waals surface area contributed by atoms with E-state index in [1.807, 2.05) is 21.1 Å². The normalized spacial score (nSPS) is 12.6. The van der Waals surface area contributed by atoms with Gasteiger partial charge >= 0.3 is 0 Å². The molecule has 1 atom stereocenters. The zero-order chi connectivity index (χ0) is 25.2. The van der Waals surface area contributed by atoms with Gasteiger partial charge in [-0.3, -0.25) is 4.79 Å². The topological polar surface area (TPSA) is 78.5 Å². The number of carbonyl (C=O) groups is 2. The minimum absolute atomic E-state index is 0.0793. The third kappa shape index (κ3) is 10.5. The summed E-state index contributed by atoms with van der Waals surface area (Å²) >= 11 is 0. The van der Waals surface area contributed by atoms with Crippen LogP contribution >= 0.6 is 0 Å². The second kappa shape index (κ2) is 13.4. The maximum atomic E-state index is 13.5. The second-order valence-electron chi connectivity index (χ2n) is 8.93. The number of nitrogens with zero attached hydrogens (tertiary/aromatic N) is 1. The summed E-state index contributed by atoms with van der Waals surface area (Å²) in [5, 5.41) is 13.6. The molecule has 6 nitrogen and oxygen atoms in total. The molecule has 11 heteroatoms. The summed E-state index contributed by atoms with van der Waals surface area (Å²) in [5.74, 6) is -11.5. The van der Waals surface area contributed by atoms with Crippen LogP contribution in [-0.2, 0) is 20.9 Å². The first-order valence-corrected chi connectivity index (χ1v) is 10.7. The van der Waals surface area contributed by atoms with Crippen molar-refractivity contribution in [2.24, 2.45) is 0 Å². The predicted octanol–water partition coefficient (Wildman–Crippen LogP) is 2.57. The standard InChI is InChI=1S/C22H31F5N2O4/c1-29(2,3)12-14(11-17(31)32)28-16(30)9-7-5-4-6-8-10-33-13-15-18(23)20(25)22(27)21(26)19(15)24/h14H,4-13H2,1-3H3,(H-,28,30,31,32). The van der Waals surface area contributed by atoms with Crippen LogP contribution in [0.3, 0.4) is 0 Å². The van der Waals surface area contributed by atoms with Crippen molar-refractivity contribution in [3.63, 3.8) is 0 Å². The highest BCUT2D eigenvalue weighted by Crippen LogP contribution is 2.23. The summed E-state index contributed by atoms with van der Waals surface area (Å²) in [4.78, 5) is 22.9. The highest BCUT2D eigenvalue weighted by Gasteiger charge is 2.25. The van der Waals surface area contributed by atoms with E-state index in [9.17, 15) is 36.6 Å². The number of hydrogen-bond acceptors (Lipinski definition) is 4. The van der Waals surface area contributed by atoms with Crippen molar-refractivity contribution in [3.8, 4) is 0 Å². The molecule has 0 radical (unpaired) electrons. The van der Waals surface area contributed by atoms with Crippen LogP contribution in [0, 0.1) is 29.1 Å². The minimum atomic E-state index is -2.20. The van der Waals surface area contributed by atoms with E-state index in [-0.39, 0.29) is 25.4 Å². The number of ether oxygens (including phenoxy) is 1. The lowest BCUT2D eigenvalue weighted by Gasteiger charge is -2.30. The van der Waals surface area contributed by atoms with Crippen molar-refractivity contribution in [2.75, 3.05) is 34.3 Å². The minimum Gasteiger partial charge on any atom is -0.550 e. The first-order chi connectivity index (χ1) is 15.3. The zero-order valence-corrected chi connectivity index (χ0v) is 19.1. The summed E-state index contributed by atoms with van der Waals surface area (Å²) in [6, 6.07) is -0.516. The third-order valence-electron chi connectivity index (χ3n) is 4.79. The summed E-state index contributed by atoms with van der Waals surface area (Å²) in [6.45, 7) is -0.201. The van der Waals surface area contributed by atoms with E-state index in [1.165, 1.54) is 0 Å². The fraction of sp³-hybridized carbons (Fsp3) is 0.636. The number of likely N-dealkylation sites (N-methyl/N-ethyl adjacent to an activating group) is 1. The maximum absolute atomic E-state index is 13.5. The number of nitrogens with one attached hydrogen (secondary N) is 1. The van der Waals surface area contributed by atoms with Crippen molar-refractivity contribution in [1.29, 1.82) is 0 Å². The van der Waals surface area contributed by atoms with Gasteiger partial charge in [-0.25, -0.2) is 22.0 Å². The van der Waals surface area contributed by atoms with E-state index >= 15 is 0 Å². The fourth-order valence-electron chi connectivity index (χ4n) is 3.29. The summed E-state index contributed by atoms with van der Waals surface area (Å²) in [5.41, 5.74) is -1.00. The lowest BCUT2D eigenvalue weighted by Crippen LogP contribution is -2.50. The van der Waals surface area contributed by atoms with Crippen molar-refractivity contribution in [3.05, 3.63) is 34.6 Å². The number of amides is 1. The smallest absolute Gasteiger partial charge is 0.220 e. The molecule has 1 amide bonds. The fourth-order valence-corrected chi connectivity index (χ4v) is 3.29. The Hall–Kier alpha value is -2.27. The molecule has 0 aliphatic heterocycles. The summed E-state index contributed by atoms with van der Waals surface area (Å²) in [7, 11) is 5.67. The number of unbranched alkanes of at least 4 members (excludes halogenated alkanes) is 4. The number of benzene rings is 1. The van der Waals surface area contributed by atoms with Gasteiger partial charge in [0.1, 0.15) is 0 Å². The number of aliphatic carboxylic acids is 1. The number of carbonyl (C=O) groups excluding carboxylic acids is 2. The first kappa shape index (κ1) is 28.8. The van der Waals surface area contributed by atoms with E-state index in [0.29, 0.717) is 30.3 Å². The molecule has 0 bridgehead atoms. The van der Waals surface area contributed by atoms with Crippen LogP contribution in [0.4, 0.5) is 22.0 Å². The average molecular weight is 482 g/mol. The van der Waals surface area contributed by atoms with Crippen LogP contribution in [0.2, 0.25) is 0 Å². The molecule has 0 fully saturated rings. The molecule has 1 N–H and O–H groups in total. The maximum Gasteiger partial charge on any atom is 0.220 e. The van der Waals surface area contributed by atoms with E-state index in [4.69, 9.17) is 4.74 Å². The third-order valence-corrected chi connectivity index (χ3v) is 4.79. The molecule has 0 aromatic heterocycles. The second-order valence-corrected chi connectivity index (χ2v) is 8.93. The van der Waals surface area contributed by atoms with Crippen LogP contribution in [-0.4, -0.2) is 56.7 Å². The molecule has 0 saturated carbocycles. The first-order valence-electron chi connectivity index (χ1n) is 10.7. The molecule has 188 valence electrons. The van der Waals surface area contributed by atoms with Crippen molar-refractivity contribution in [1.82, 2.24) is 5.32 Å². The van der Waals surface area contributed by atoms with Crippen LogP contribution in [0.25, 0.3) is 0 Å². The van der Waals surface area contributed by atoms with E-state index in [2.05, 4.69) is 5.32 Å². The SMILES string of the molecule is C[N+](C)(C)CC(CC(=O)[O-])NC(=O)CCCCCCCOCc1c(F)c(F)c(F)c(F)c1F. The molecule has 0 heterocycles. The number of halogens is 5. The summed E-state index contributed by atoms with van der Waals surface area (Å²) < 4.78 is 71.9. The molecular formula is C22H31F5N2O4. The molecule has 0 spiro atoms. The van der Waals surface area contributed by atoms with E-state index < -0.39 is 53.3 Å². The number of rotatable bonds is 15. The van der Waals surface area contributed by atoms with Gasteiger partial charge in [-0.05, 0) is 12.8 Å². The van der Waals surface area contributed by atoms with Gasteiger partial charge in [0.05, 0.1) is 45.9 Å². The van der Waals surface area contributed by atoms with Crippen molar-refractivity contribution in [2.45, 2.75) is 57.6 Å². The Morgan fingerprint density at radius 1 is 0.879 bits per heavy atom. The molecule has 1 unspecified atom stereocenters. The Morgan fingerprint density at radius 2 is 1.39 bits per heavy atom. The molecule has 0 saturated heterocycles. The number of carboxylic acid groups (broad SMARTS) is 1. The Balaban J connectivity index is 2.23. The van der Waals surface area contributed by atoms with Crippen LogP contribution < -0.4 is 10.4 Å². The van der Waals surface area contributed by atoms with Crippen molar-refractivity contribution >= 4 is 11.9 Å². The van der Waals surface area contributed by atoms with Gasteiger partial charge in [0, 0.05) is 25.4 Å². The van der Waals surface area contributed by atoms with Crippen LogP contribution in [0.15, 0.2) is 0 Å². The lowest BCUT2D eigenvalue weighted by atomic mass is 10.1. The molecule has 0 aliphatic rings. The number of carboxylic acids is 1. The number of hydrogen-bond donors (Lipinski definition) is 1. The summed E-state index contributed by atoms with van der Waals surface area (Å²) in [6.07, 6.45) is 3.27. The Bertz CT molecular complexity index is 786. The van der Waals surface area contributed by atoms with Gasteiger partial charge < -0.3 is 24.4 Å². The highest BCUT2D eigenvalue weighted by atomic mass is 19.2. The molecule has 1 aromatic carbocycles. The molecule has 33 heavy (non-hydrogen) atoms. The highest BCUT2D eigenvalue weighted by molar-refractivity contribution is 5.77. The zero-order valence-electron chi connectivity index (χ0n) is 19.1. The van der Waals surface area contributed by atoms with Gasteiger partial charge in [-0.15, -0.1) is 0 Å². The average Bonchev–Trinajstić information content (AvgIpc) is 2.69. The monoisotopic (exact) mass is 482 g/mol. The van der Waals surface area contributed by atoms with E-state index in [0.717, 1.165) is 12.8 Å². The predicted molar refractivity (Wildman–Crippen MR) is 108 cm³/mol. The van der Waals surface area contributed by atoms with Gasteiger partial charge in [0.25, 0.3) is 0 Å². The molecular weight excluding hydrogens is 451 g/mol. The van der Waals surface area contributed by atoms with Gasteiger partial charge in [0.15, 0.2) is 23.3 Å². The van der Waals surface area contributed by atoms with Crippen LogP contribution in [0.1, 0.15) is 50.5 Å². The van der Waals surface area contributed by atoms with E-state index in [1.54, 1.807) is 0 Å². The van der Waals surface area contributed by atoms with Gasteiger partial charge in [0.2, 0.25) is 11.7 Å². The molecule has 1 aromatic rings. The van der Waals surface area contributed by atoms with Crippen LogP contribution in [0.5, 0.6) is 0 Å². The largest absolute Gasteiger partial charge is 0.550 e. The lowest BCUT2D eigenvalue weighted by molar-refractivity contribution is -0.871. The molecule has 0 aliphatic carbocycles. The Labute approximate surface area is 190 Å².